The number of nitrogens with one attached hydrogen (secondary N) is 2. The van der Waals surface area contributed by atoms with E-state index < -0.39 is 27.8 Å². The molecule has 2 N–H and O–H groups in total. The van der Waals surface area contributed by atoms with Crippen molar-refractivity contribution in [3.05, 3.63) is 30.1 Å². The van der Waals surface area contributed by atoms with Crippen molar-refractivity contribution in [3.8, 4) is 0 Å². The summed E-state index contributed by atoms with van der Waals surface area (Å²) in [6.45, 7) is 2.50. The number of carbonyl (C=O) groups excluding carboxylic acids is 1. The van der Waals surface area contributed by atoms with Gasteiger partial charge in [0.05, 0.1) is 17.0 Å². The van der Waals surface area contributed by atoms with E-state index in [4.69, 9.17) is 4.74 Å². The molecule has 122 valence electrons. The van der Waals surface area contributed by atoms with Gasteiger partial charge >= 0.3 is 0 Å². The number of hydrogen-bond donors (Lipinski definition) is 2. The van der Waals surface area contributed by atoms with Crippen LogP contribution in [-0.2, 0) is 19.6 Å². The van der Waals surface area contributed by atoms with E-state index in [1.54, 1.807) is 0 Å². The van der Waals surface area contributed by atoms with Crippen LogP contribution in [0.4, 0.5) is 4.39 Å². The van der Waals surface area contributed by atoms with Gasteiger partial charge in [-0.2, -0.15) is 4.72 Å². The van der Waals surface area contributed by atoms with Crippen LogP contribution in [0.25, 0.3) is 0 Å². The normalized spacial score (nSPS) is 19.8. The molecular weight excluding hydrogens is 311 g/mol. The molecule has 0 unspecified atom stereocenters. The van der Waals surface area contributed by atoms with E-state index in [-0.39, 0.29) is 11.0 Å². The monoisotopic (exact) mass is 330 g/mol. The zero-order valence-electron chi connectivity index (χ0n) is 12.2. The summed E-state index contributed by atoms with van der Waals surface area (Å²) in [6, 6.07) is 3.47. The Morgan fingerprint density at radius 2 is 2.09 bits per heavy atom. The Bertz CT molecular complexity index is 612. The van der Waals surface area contributed by atoms with Crippen LogP contribution in [0, 0.1) is 5.82 Å². The maximum absolute atomic E-state index is 12.8. The maximum Gasteiger partial charge on any atom is 0.241 e. The molecule has 1 aliphatic rings. The Balaban J connectivity index is 1.90. The molecule has 0 saturated carbocycles. The van der Waals surface area contributed by atoms with Gasteiger partial charge in [0.25, 0.3) is 0 Å². The molecule has 22 heavy (non-hydrogen) atoms. The lowest BCUT2D eigenvalue weighted by Gasteiger charge is -2.16. The molecule has 0 aliphatic carbocycles. The summed E-state index contributed by atoms with van der Waals surface area (Å²) in [7, 11) is -3.87. The number of amides is 1. The minimum Gasteiger partial charge on any atom is -0.376 e. The van der Waals surface area contributed by atoms with Crippen molar-refractivity contribution in [1.82, 2.24) is 10.0 Å². The number of sulfonamides is 1. The number of hydrogen-bond acceptors (Lipinski definition) is 4. The third kappa shape index (κ3) is 4.49. The van der Waals surface area contributed by atoms with Gasteiger partial charge in [0.15, 0.2) is 0 Å². The minimum atomic E-state index is -3.87. The molecule has 0 aromatic heterocycles. The van der Waals surface area contributed by atoms with E-state index in [1.807, 2.05) is 0 Å². The summed E-state index contributed by atoms with van der Waals surface area (Å²) in [5.74, 6) is -0.956. The molecule has 1 fully saturated rings. The molecule has 0 radical (unpaired) electrons. The van der Waals surface area contributed by atoms with E-state index in [1.165, 1.54) is 6.92 Å². The number of benzene rings is 1. The van der Waals surface area contributed by atoms with Crippen molar-refractivity contribution in [2.24, 2.45) is 0 Å². The van der Waals surface area contributed by atoms with Gasteiger partial charge in [0.1, 0.15) is 5.82 Å². The average Bonchev–Trinajstić information content (AvgIpc) is 2.98. The molecule has 2 rings (SSSR count). The van der Waals surface area contributed by atoms with Gasteiger partial charge in [-0.05, 0) is 44.0 Å². The Morgan fingerprint density at radius 3 is 2.68 bits per heavy atom. The summed E-state index contributed by atoms with van der Waals surface area (Å²) in [5.41, 5.74) is 0. The molecule has 1 saturated heterocycles. The zero-order chi connectivity index (χ0) is 16.2. The molecule has 1 aliphatic heterocycles. The predicted octanol–water partition coefficient (Wildman–Crippen LogP) is 0.788. The fourth-order valence-electron chi connectivity index (χ4n) is 2.14. The molecule has 1 amide bonds. The number of ether oxygens (including phenoxy) is 1. The highest BCUT2D eigenvalue weighted by Crippen LogP contribution is 2.11. The predicted molar refractivity (Wildman–Crippen MR) is 78.2 cm³/mol. The van der Waals surface area contributed by atoms with E-state index in [0.29, 0.717) is 13.2 Å². The van der Waals surface area contributed by atoms with Crippen LogP contribution in [-0.4, -0.2) is 39.6 Å². The van der Waals surface area contributed by atoms with Crippen LogP contribution < -0.4 is 10.0 Å². The number of carbonyl (C=O) groups is 1. The van der Waals surface area contributed by atoms with Crippen molar-refractivity contribution < 1.29 is 22.3 Å². The molecule has 0 spiro atoms. The van der Waals surface area contributed by atoms with Gasteiger partial charge in [-0.15, -0.1) is 0 Å². The van der Waals surface area contributed by atoms with Gasteiger partial charge in [-0.1, -0.05) is 0 Å². The second-order valence-electron chi connectivity index (χ2n) is 5.18. The third-order valence-electron chi connectivity index (χ3n) is 3.38. The Kier molecular flexibility index (Phi) is 5.49. The highest BCUT2D eigenvalue weighted by atomic mass is 32.2. The van der Waals surface area contributed by atoms with E-state index in [9.17, 15) is 17.6 Å². The molecule has 8 heteroatoms. The van der Waals surface area contributed by atoms with Gasteiger partial charge in [0.2, 0.25) is 15.9 Å². The lowest BCUT2D eigenvalue weighted by Crippen LogP contribution is -2.46. The minimum absolute atomic E-state index is 0.00939. The summed E-state index contributed by atoms with van der Waals surface area (Å²) in [5, 5.41) is 2.66. The summed E-state index contributed by atoms with van der Waals surface area (Å²) >= 11 is 0. The first kappa shape index (κ1) is 16.9. The van der Waals surface area contributed by atoms with E-state index in [2.05, 4.69) is 10.0 Å². The largest absolute Gasteiger partial charge is 0.376 e. The van der Waals surface area contributed by atoms with Gasteiger partial charge in [-0.25, -0.2) is 12.8 Å². The highest BCUT2D eigenvalue weighted by molar-refractivity contribution is 7.89. The zero-order valence-corrected chi connectivity index (χ0v) is 13.0. The molecule has 0 bridgehead atoms. The first-order valence-electron chi connectivity index (χ1n) is 7.06. The van der Waals surface area contributed by atoms with E-state index >= 15 is 0 Å². The Hall–Kier alpha value is -1.51. The van der Waals surface area contributed by atoms with Crippen molar-refractivity contribution in [1.29, 1.82) is 0 Å². The van der Waals surface area contributed by atoms with Gasteiger partial charge < -0.3 is 10.1 Å². The molecule has 2 atom stereocenters. The van der Waals surface area contributed by atoms with Crippen molar-refractivity contribution in [2.45, 2.75) is 36.8 Å². The lowest BCUT2D eigenvalue weighted by atomic mass is 10.2. The average molecular weight is 330 g/mol. The number of halogens is 1. The molecular formula is C14H19FN2O4S. The fourth-order valence-corrected chi connectivity index (χ4v) is 3.34. The molecule has 6 nitrogen and oxygen atoms in total. The van der Waals surface area contributed by atoms with Crippen LogP contribution in [0.15, 0.2) is 29.2 Å². The number of rotatable bonds is 6. The maximum atomic E-state index is 12.8. The first-order valence-corrected chi connectivity index (χ1v) is 8.54. The van der Waals surface area contributed by atoms with Crippen LogP contribution in [0.5, 0.6) is 0 Å². The summed E-state index contributed by atoms with van der Waals surface area (Å²) in [4.78, 5) is 11.8. The second-order valence-corrected chi connectivity index (χ2v) is 6.89. The second kappa shape index (κ2) is 7.17. The van der Waals surface area contributed by atoms with Crippen LogP contribution in [0.1, 0.15) is 19.8 Å². The van der Waals surface area contributed by atoms with E-state index in [0.717, 1.165) is 37.1 Å². The van der Waals surface area contributed by atoms with Crippen molar-refractivity contribution in [2.75, 3.05) is 13.2 Å². The quantitative estimate of drug-likeness (QED) is 0.807. The standard InChI is InChI=1S/C14H19FN2O4S/c1-10(14(18)16-9-12-3-2-8-21-12)17-22(19,20)13-6-4-11(15)5-7-13/h4-7,10,12,17H,2-3,8-9H2,1H3,(H,16,18)/t10-,12+/m1/s1. The molecule has 1 heterocycles. The summed E-state index contributed by atoms with van der Waals surface area (Å²) < 4.78 is 44.6. The van der Waals surface area contributed by atoms with Crippen LogP contribution in [0.3, 0.4) is 0 Å². The third-order valence-corrected chi connectivity index (χ3v) is 4.93. The van der Waals surface area contributed by atoms with Gasteiger partial charge in [0, 0.05) is 13.2 Å². The first-order chi connectivity index (χ1) is 10.4. The van der Waals surface area contributed by atoms with Crippen molar-refractivity contribution >= 4 is 15.9 Å². The topological polar surface area (TPSA) is 84.5 Å². The van der Waals surface area contributed by atoms with Crippen LogP contribution >= 0.6 is 0 Å². The smallest absolute Gasteiger partial charge is 0.241 e. The lowest BCUT2D eigenvalue weighted by molar-refractivity contribution is -0.122. The van der Waals surface area contributed by atoms with Gasteiger partial charge in [-0.3, -0.25) is 4.79 Å². The Labute approximate surface area is 129 Å². The fraction of sp³-hybridized carbons (Fsp3) is 0.500. The highest BCUT2D eigenvalue weighted by Gasteiger charge is 2.23. The molecule has 1 aromatic rings. The Morgan fingerprint density at radius 1 is 1.41 bits per heavy atom. The molecule has 1 aromatic carbocycles. The van der Waals surface area contributed by atoms with Crippen LogP contribution in [0.2, 0.25) is 0 Å². The summed E-state index contributed by atoms with van der Waals surface area (Å²) in [6.07, 6.45) is 1.84. The van der Waals surface area contributed by atoms with Crippen molar-refractivity contribution in [3.63, 3.8) is 0 Å². The SMILES string of the molecule is C[C@@H](NS(=O)(=O)c1ccc(F)cc1)C(=O)NC[C@@H]1CCCO1.